The lowest BCUT2D eigenvalue weighted by molar-refractivity contribution is -0.00707. The van der Waals surface area contributed by atoms with Crippen LogP contribution in [0.5, 0.6) is 5.75 Å². The molecule has 8 nitrogen and oxygen atoms in total. The summed E-state index contributed by atoms with van der Waals surface area (Å²) in [5.74, 6) is 0.688. The van der Waals surface area contributed by atoms with Crippen LogP contribution in [0.4, 0.5) is 10.6 Å². The van der Waals surface area contributed by atoms with E-state index in [1.165, 1.54) is 23.5 Å². The van der Waals surface area contributed by atoms with Gasteiger partial charge in [0, 0.05) is 30.3 Å². The molecule has 2 aromatic rings. The topological polar surface area (TPSA) is 97.8 Å². The van der Waals surface area contributed by atoms with Gasteiger partial charge in [-0.1, -0.05) is 11.6 Å². The van der Waals surface area contributed by atoms with Gasteiger partial charge in [-0.05, 0) is 51.8 Å². The molecule has 2 aliphatic rings. The number of fused-ring (bicyclic) bond motifs is 2. The summed E-state index contributed by atoms with van der Waals surface area (Å²) < 4.78 is 39.2. The van der Waals surface area contributed by atoms with Crippen molar-refractivity contribution in [3.8, 4) is 5.75 Å². The number of sulfonamides is 1. The first-order valence-corrected chi connectivity index (χ1v) is 13.2. The van der Waals surface area contributed by atoms with Crippen molar-refractivity contribution in [3.05, 3.63) is 34.1 Å². The van der Waals surface area contributed by atoms with Gasteiger partial charge in [-0.25, -0.2) is 18.2 Å². The highest BCUT2D eigenvalue weighted by molar-refractivity contribution is 7.92. The van der Waals surface area contributed by atoms with Gasteiger partial charge in [0.2, 0.25) is 0 Å². The number of nitrogens with zero attached hydrogens (tertiary/aromatic N) is 2. The zero-order chi connectivity index (χ0) is 23.1. The Bertz CT molecular complexity index is 1070. The van der Waals surface area contributed by atoms with E-state index in [0.717, 1.165) is 12.8 Å². The van der Waals surface area contributed by atoms with E-state index in [0.29, 0.717) is 18.6 Å². The van der Waals surface area contributed by atoms with Crippen LogP contribution in [0.15, 0.2) is 34.0 Å². The average Bonchev–Trinajstić information content (AvgIpc) is 3.27. The van der Waals surface area contributed by atoms with Gasteiger partial charge in [0.15, 0.2) is 5.82 Å². The van der Waals surface area contributed by atoms with E-state index in [4.69, 9.17) is 21.1 Å². The molecule has 0 radical (unpaired) electrons. The average molecular weight is 500 g/mol. The number of benzene rings is 1. The number of aromatic nitrogens is 1. The summed E-state index contributed by atoms with van der Waals surface area (Å²) in [4.78, 5) is 18.4. The predicted molar refractivity (Wildman–Crippen MR) is 123 cm³/mol. The molecule has 1 unspecified atom stereocenters. The van der Waals surface area contributed by atoms with Gasteiger partial charge in [-0.3, -0.25) is 4.72 Å². The molecule has 2 aliphatic heterocycles. The molecular weight excluding hydrogens is 474 g/mol. The number of piperidine rings is 1. The van der Waals surface area contributed by atoms with Crippen LogP contribution < -0.4 is 9.46 Å². The minimum absolute atomic E-state index is 0.0302. The van der Waals surface area contributed by atoms with Crippen molar-refractivity contribution in [3.63, 3.8) is 0 Å². The van der Waals surface area contributed by atoms with Crippen LogP contribution in [0.2, 0.25) is 5.02 Å². The highest BCUT2D eigenvalue weighted by Crippen LogP contribution is 2.39. The Balaban J connectivity index is 1.42. The second kappa shape index (κ2) is 8.72. The number of amides is 1. The van der Waals surface area contributed by atoms with Gasteiger partial charge in [0.05, 0.1) is 15.4 Å². The zero-order valence-electron chi connectivity index (χ0n) is 18.1. The molecule has 11 heteroatoms. The van der Waals surface area contributed by atoms with Crippen molar-refractivity contribution < 1.29 is 22.7 Å². The smallest absolute Gasteiger partial charge is 0.410 e. The van der Waals surface area contributed by atoms with E-state index >= 15 is 0 Å². The summed E-state index contributed by atoms with van der Waals surface area (Å²) in [6, 6.07) is 4.53. The van der Waals surface area contributed by atoms with E-state index in [-0.39, 0.29) is 40.0 Å². The minimum atomic E-state index is -3.80. The van der Waals surface area contributed by atoms with Gasteiger partial charge in [-0.15, -0.1) is 11.3 Å². The number of anilines is 1. The van der Waals surface area contributed by atoms with Crippen LogP contribution >= 0.6 is 22.9 Å². The lowest BCUT2D eigenvalue weighted by Crippen LogP contribution is -2.50. The highest BCUT2D eigenvalue weighted by Gasteiger charge is 2.45. The van der Waals surface area contributed by atoms with Crippen molar-refractivity contribution in [2.45, 2.75) is 75.1 Å². The Labute approximate surface area is 196 Å². The fourth-order valence-electron chi connectivity index (χ4n) is 4.22. The zero-order valence-corrected chi connectivity index (χ0v) is 20.5. The van der Waals surface area contributed by atoms with Gasteiger partial charge < -0.3 is 14.4 Å². The quantitative estimate of drug-likeness (QED) is 0.627. The third-order valence-electron chi connectivity index (χ3n) is 5.47. The van der Waals surface area contributed by atoms with E-state index in [1.54, 1.807) is 17.0 Å². The number of hydrogen-bond donors (Lipinski definition) is 1. The molecule has 1 N–H and O–H groups in total. The maximum absolute atomic E-state index is 12.6. The number of nitrogens with one attached hydrogen (secondary N) is 1. The summed E-state index contributed by atoms with van der Waals surface area (Å²) in [6.07, 6.45) is 2.80. The fourth-order valence-corrected chi connectivity index (χ4v) is 6.09. The molecule has 2 saturated heterocycles. The van der Waals surface area contributed by atoms with Crippen LogP contribution in [0.3, 0.4) is 0 Å². The SMILES string of the molecule is CC(C)(C)OC(=O)N1[C@@H]2CC[C@H]1CC(Oc1ccc(S(=O)(=O)Nc3cscn3)cc1Cl)C2. The molecule has 3 atom stereocenters. The number of halogens is 1. The molecule has 1 aromatic carbocycles. The van der Waals surface area contributed by atoms with Crippen molar-refractivity contribution in [1.82, 2.24) is 9.88 Å². The number of rotatable bonds is 5. The number of ether oxygens (including phenoxy) is 2. The van der Waals surface area contributed by atoms with Crippen molar-refractivity contribution in [1.29, 1.82) is 0 Å². The standard InChI is InChI=1S/C21H26ClN3O5S2/c1-21(2,3)30-20(26)25-13-4-5-14(25)9-15(8-13)29-18-7-6-16(10-17(18)22)32(27,28)24-19-11-31-12-23-19/h6-7,10-15,24H,4-5,8-9H2,1-3H3/t13-,14+,15?. The first-order chi connectivity index (χ1) is 15.0. The van der Waals surface area contributed by atoms with Crippen molar-refractivity contribution in [2.24, 2.45) is 0 Å². The van der Waals surface area contributed by atoms with Gasteiger partial charge in [-0.2, -0.15) is 0 Å². The summed E-state index contributed by atoms with van der Waals surface area (Å²) in [7, 11) is -3.80. The fraction of sp³-hybridized carbons (Fsp3) is 0.524. The van der Waals surface area contributed by atoms with Crippen LogP contribution in [-0.2, 0) is 14.8 Å². The number of hydrogen-bond acceptors (Lipinski definition) is 7. The molecule has 32 heavy (non-hydrogen) atoms. The van der Waals surface area contributed by atoms with E-state index in [9.17, 15) is 13.2 Å². The summed E-state index contributed by atoms with van der Waals surface area (Å²) in [6.45, 7) is 5.59. The monoisotopic (exact) mass is 499 g/mol. The van der Waals surface area contributed by atoms with Crippen LogP contribution in [0.25, 0.3) is 0 Å². The normalized spacial score (nSPS) is 23.1. The second-order valence-electron chi connectivity index (χ2n) is 9.06. The van der Waals surface area contributed by atoms with Crippen LogP contribution in [-0.4, -0.2) is 48.2 Å². The third-order valence-corrected chi connectivity index (χ3v) is 7.71. The van der Waals surface area contributed by atoms with Crippen molar-refractivity contribution >= 4 is 44.9 Å². The van der Waals surface area contributed by atoms with Crippen LogP contribution in [0.1, 0.15) is 46.5 Å². The van der Waals surface area contributed by atoms with Gasteiger partial charge in [0.25, 0.3) is 10.0 Å². The van der Waals surface area contributed by atoms with Gasteiger partial charge >= 0.3 is 6.09 Å². The lowest BCUT2D eigenvalue weighted by atomic mass is 10.00. The maximum atomic E-state index is 12.6. The van der Waals surface area contributed by atoms with E-state index < -0.39 is 15.6 Å². The molecule has 3 heterocycles. The number of carbonyl (C=O) groups is 1. The number of carbonyl (C=O) groups excluding carboxylic acids is 1. The summed E-state index contributed by atoms with van der Waals surface area (Å²) >= 11 is 7.66. The molecule has 1 amide bonds. The Morgan fingerprint density at radius 1 is 1.25 bits per heavy atom. The molecule has 2 fully saturated rings. The van der Waals surface area contributed by atoms with Crippen molar-refractivity contribution in [2.75, 3.05) is 4.72 Å². The highest BCUT2D eigenvalue weighted by atomic mass is 35.5. The van der Waals surface area contributed by atoms with Crippen LogP contribution in [0, 0.1) is 0 Å². The molecule has 0 spiro atoms. The Hall–Kier alpha value is -2.04. The molecule has 0 saturated carbocycles. The third kappa shape index (κ3) is 5.13. The Morgan fingerprint density at radius 2 is 1.94 bits per heavy atom. The summed E-state index contributed by atoms with van der Waals surface area (Å²) in [5, 5.41) is 1.82. The molecule has 4 rings (SSSR count). The summed E-state index contributed by atoms with van der Waals surface area (Å²) in [5.41, 5.74) is 1.01. The van der Waals surface area contributed by atoms with Gasteiger partial charge in [0.1, 0.15) is 17.5 Å². The lowest BCUT2D eigenvalue weighted by Gasteiger charge is -2.39. The second-order valence-corrected chi connectivity index (χ2v) is 11.9. The van der Waals surface area contributed by atoms with E-state index in [1.807, 2.05) is 25.7 Å². The predicted octanol–water partition coefficient (Wildman–Crippen LogP) is 4.91. The Morgan fingerprint density at radius 3 is 2.50 bits per heavy atom. The molecule has 174 valence electrons. The molecular formula is C21H26ClN3O5S2. The maximum Gasteiger partial charge on any atom is 0.410 e. The largest absolute Gasteiger partial charge is 0.489 e. The minimum Gasteiger partial charge on any atom is -0.489 e. The first-order valence-electron chi connectivity index (χ1n) is 10.4. The number of thiazole rings is 1. The molecule has 1 aromatic heterocycles. The van der Waals surface area contributed by atoms with E-state index in [2.05, 4.69) is 9.71 Å². The molecule has 2 bridgehead atoms. The Kier molecular flexibility index (Phi) is 6.30. The first kappa shape index (κ1) is 23.1. The molecule has 0 aliphatic carbocycles.